The summed E-state index contributed by atoms with van der Waals surface area (Å²) in [5.41, 5.74) is 1.57. The molecular weight excluding hydrogens is 415 g/mol. The van der Waals surface area contributed by atoms with Crippen molar-refractivity contribution in [2.75, 3.05) is 23.3 Å². The molecule has 3 amide bonds. The molecule has 0 aliphatic heterocycles. The second kappa shape index (κ2) is 10.7. The lowest BCUT2D eigenvalue weighted by atomic mass is 10.1. The van der Waals surface area contributed by atoms with Crippen molar-refractivity contribution in [3.8, 4) is 0 Å². The molecule has 164 valence electrons. The van der Waals surface area contributed by atoms with Crippen molar-refractivity contribution in [3.63, 3.8) is 0 Å². The van der Waals surface area contributed by atoms with Gasteiger partial charge in [-0.3, -0.25) is 19.8 Å². The van der Waals surface area contributed by atoms with Gasteiger partial charge in [-0.1, -0.05) is 30.3 Å². The van der Waals surface area contributed by atoms with Crippen LogP contribution in [0.25, 0.3) is 0 Å². The maximum absolute atomic E-state index is 13.3. The third-order valence-electron chi connectivity index (χ3n) is 4.58. The molecule has 3 aromatic carbocycles. The number of anilines is 2. The third kappa shape index (κ3) is 6.36. The Labute approximate surface area is 183 Å². The van der Waals surface area contributed by atoms with E-state index in [1.807, 2.05) is 30.3 Å². The monoisotopic (exact) mass is 436 g/mol. The summed E-state index contributed by atoms with van der Waals surface area (Å²) in [5, 5.41) is 16.2. The lowest BCUT2D eigenvalue weighted by Crippen LogP contribution is -2.41. The molecule has 0 saturated heterocycles. The maximum Gasteiger partial charge on any atom is 0.326 e. The van der Waals surface area contributed by atoms with E-state index < -0.39 is 16.8 Å². The molecule has 0 heterocycles. The number of nitrogens with one attached hydrogen (secondary N) is 2. The summed E-state index contributed by atoms with van der Waals surface area (Å²) in [6.07, 6.45) is 0.215. The molecule has 8 nitrogen and oxygen atoms in total. The van der Waals surface area contributed by atoms with E-state index in [0.717, 1.165) is 5.56 Å². The van der Waals surface area contributed by atoms with Crippen molar-refractivity contribution >= 4 is 29.0 Å². The summed E-state index contributed by atoms with van der Waals surface area (Å²) < 4.78 is 13.3. The second-order valence-electron chi connectivity index (χ2n) is 6.87. The van der Waals surface area contributed by atoms with Gasteiger partial charge in [-0.15, -0.1) is 0 Å². The summed E-state index contributed by atoms with van der Waals surface area (Å²) in [6.45, 7) is 0.307. The average molecular weight is 436 g/mol. The lowest BCUT2D eigenvalue weighted by molar-refractivity contribution is -0.384. The van der Waals surface area contributed by atoms with Crippen molar-refractivity contribution < 1.29 is 18.9 Å². The molecule has 0 atom stereocenters. The molecule has 0 fully saturated rings. The molecule has 3 rings (SSSR count). The minimum atomic E-state index is -0.533. The smallest absolute Gasteiger partial charge is 0.326 e. The Hall–Kier alpha value is -4.27. The molecule has 2 N–H and O–H groups in total. The number of carbonyl (C=O) groups excluding carboxylic acids is 2. The molecule has 3 aromatic rings. The Morgan fingerprint density at radius 3 is 2.22 bits per heavy atom. The maximum atomic E-state index is 13.3. The van der Waals surface area contributed by atoms with E-state index in [-0.39, 0.29) is 31.1 Å². The van der Waals surface area contributed by atoms with E-state index in [4.69, 9.17) is 0 Å². The summed E-state index contributed by atoms with van der Waals surface area (Å²) >= 11 is 0. The summed E-state index contributed by atoms with van der Waals surface area (Å²) in [5.74, 6) is -0.633. The zero-order chi connectivity index (χ0) is 22.9. The van der Waals surface area contributed by atoms with Crippen LogP contribution in [-0.2, 0) is 11.2 Å². The number of hydrogen-bond acceptors (Lipinski definition) is 4. The Morgan fingerprint density at radius 1 is 0.938 bits per heavy atom. The number of nitro groups is 1. The van der Waals surface area contributed by atoms with E-state index in [0.29, 0.717) is 11.4 Å². The molecule has 32 heavy (non-hydrogen) atoms. The standard InChI is InChI=1S/C23H21FN4O4/c24-18-6-10-20(11-7-18)27(15-14-25-22(29)16-17-4-2-1-3-5-17)23(30)26-19-8-12-21(13-9-19)28(31)32/h1-13H,14-16H2,(H,25,29)(H,26,30). The molecule has 0 aliphatic rings. The van der Waals surface area contributed by atoms with Gasteiger partial charge in [-0.25, -0.2) is 9.18 Å². The molecule has 0 unspecified atom stereocenters. The minimum Gasteiger partial charge on any atom is -0.354 e. The van der Waals surface area contributed by atoms with Gasteiger partial charge in [0.2, 0.25) is 5.91 Å². The van der Waals surface area contributed by atoms with Crippen molar-refractivity contribution in [2.24, 2.45) is 0 Å². The first kappa shape index (κ1) is 22.4. The first-order valence-electron chi connectivity index (χ1n) is 9.81. The van der Waals surface area contributed by atoms with Crippen LogP contribution in [0.4, 0.5) is 26.2 Å². The predicted molar refractivity (Wildman–Crippen MR) is 119 cm³/mol. The van der Waals surface area contributed by atoms with Crippen LogP contribution in [0.1, 0.15) is 5.56 Å². The zero-order valence-corrected chi connectivity index (χ0v) is 17.0. The molecule has 0 saturated carbocycles. The number of benzene rings is 3. The fourth-order valence-corrected chi connectivity index (χ4v) is 2.98. The number of carbonyl (C=O) groups is 2. The predicted octanol–water partition coefficient (Wildman–Crippen LogP) is 4.13. The summed E-state index contributed by atoms with van der Waals surface area (Å²) in [6, 6.07) is 19.5. The van der Waals surface area contributed by atoms with E-state index in [2.05, 4.69) is 10.6 Å². The third-order valence-corrected chi connectivity index (χ3v) is 4.58. The quantitative estimate of drug-likeness (QED) is 0.409. The van der Waals surface area contributed by atoms with E-state index in [9.17, 15) is 24.1 Å². The van der Waals surface area contributed by atoms with Gasteiger partial charge in [0.05, 0.1) is 11.3 Å². The van der Waals surface area contributed by atoms with Crippen LogP contribution >= 0.6 is 0 Å². The number of nitro benzene ring substituents is 1. The van der Waals surface area contributed by atoms with Gasteiger partial charge in [-0.2, -0.15) is 0 Å². The first-order valence-corrected chi connectivity index (χ1v) is 9.81. The van der Waals surface area contributed by atoms with Gasteiger partial charge < -0.3 is 10.6 Å². The van der Waals surface area contributed by atoms with Gasteiger partial charge >= 0.3 is 6.03 Å². The van der Waals surface area contributed by atoms with Crippen LogP contribution < -0.4 is 15.5 Å². The highest BCUT2D eigenvalue weighted by Crippen LogP contribution is 2.19. The van der Waals surface area contributed by atoms with Gasteiger partial charge in [-0.05, 0) is 42.0 Å². The summed E-state index contributed by atoms with van der Waals surface area (Å²) in [7, 11) is 0. The lowest BCUT2D eigenvalue weighted by Gasteiger charge is -2.23. The molecule has 0 aromatic heterocycles. The molecule has 0 bridgehead atoms. The Morgan fingerprint density at radius 2 is 1.59 bits per heavy atom. The second-order valence-corrected chi connectivity index (χ2v) is 6.87. The Bertz CT molecular complexity index is 1070. The highest BCUT2D eigenvalue weighted by atomic mass is 19.1. The fraction of sp³-hybridized carbons (Fsp3) is 0.130. The molecule has 0 aliphatic carbocycles. The van der Waals surface area contributed by atoms with Crippen LogP contribution in [-0.4, -0.2) is 30.0 Å². The molecular formula is C23H21FN4O4. The van der Waals surface area contributed by atoms with E-state index in [1.54, 1.807) is 0 Å². The minimum absolute atomic E-state index is 0.0977. The van der Waals surface area contributed by atoms with Crippen molar-refractivity contribution in [1.82, 2.24) is 5.32 Å². The highest BCUT2D eigenvalue weighted by molar-refractivity contribution is 6.01. The normalized spacial score (nSPS) is 10.3. The fourth-order valence-electron chi connectivity index (χ4n) is 2.98. The Kier molecular flexibility index (Phi) is 7.47. The topological polar surface area (TPSA) is 105 Å². The van der Waals surface area contributed by atoms with Crippen LogP contribution in [0.5, 0.6) is 0 Å². The number of halogens is 1. The van der Waals surface area contributed by atoms with Crippen LogP contribution in [0, 0.1) is 15.9 Å². The SMILES string of the molecule is O=C(Cc1ccccc1)NCCN(C(=O)Nc1ccc([N+](=O)[O-])cc1)c1ccc(F)cc1. The van der Waals surface area contributed by atoms with Gasteiger partial charge in [0.1, 0.15) is 5.82 Å². The number of nitrogens with zero attached hydrogens (tertiary/aromatic N) is 2. The van der Waals surface area contributed by atoms with Crippen molar-refractivity contribution in [2.45, 2.75) is 6.42 Å². The van der Waals surface area contributed by atoms with Gasteiger partial charge in [0.25, 0.3) is 5.69 Å². The average Bonchev–Trinajstić information content (AvgIpc) is 2.78. The van der Waals surface area contributed by atoms with Crippen LogP contribution in [0.3, 0.4) is 0 Å². The number of non-ortho nitro benzene ring substituents is 1. The number of rotatable bonds is 8. The van der Waals surface area contributed by atoms with E-state index in [1.165, 1.54) is 53.4 Å². The number of urea groups is 1. The van der Waals surface area contributed by atoms with Gasteiger partial charge in [0, 0.05) is 36.6 Å². The molecule has 0 spiro atoms. The summed E-state index contributed by atoms with van der Waals surface area (Å²) in [4.78, 5) is 36.7. The number of hydrogen-bond donors (Lipinski definition) is 2. The molecule has 9 heteroatoms. The largest absolute Gasteiger partial charge is 0.354 e. The molecule has 0 radical (unpaired) electrons. The first-order chi connectivity index (χ1) is 15.4. The number of amides is 3. The van der Waals surface area contributed by atoms with Crippen LogP contribution in [0.2, 0.25) is 0 Å². The van der Waals surface area contributed by atoms with Crippen molar-refractivity contribution in [3.05, 3.63) is 100 Å². The Balaban J connectivity index is 1.65. The van der Waals surface area contributed by atoms with E-state index >= 15 is 0 Å². The van der Waals surface area contributed by atoms with Crippen molar-refractivity contribution in [1.29, 1.82) is 0 Å². The van der Waals surface area contributed by atoms with Gasteiger partial charge in [0.15, 0.2) is 0 Å². The van der Waals surface area contributed by atoms with Crippen LogP contribution in [0.15, 0.2) is 78.9 Å². The highest BCUT2D eigenvalue weighted by Gasteiger charge is 2.17. The zero-order valence-electron chi connectivity index (χ0n) is 17.0.